The number of rotatable bonds is 4. The smallest absolute Gasteiger partial charge is 0.338 e. The van der Waals surface area contributed by atoms with Gasteiger partial charge in [-0.1, -0.05) is 28.8 Å². The third kappa shape index (κ3) is 5.38. The summed E-state index contributed by atoms with van der Waals surface area (Å²) in [5.41, 5.74) is 4.29. The zero-order chi connectivity index (χ0) is 23.2. The molecular formula is C21H24ClN9O2. The molecule has 4 N–H and O–H groups in total. The van der Waals surface area contributed by atoms with Gasteiger partial charge in [0.25, 0.3) is 0 Å². The van der Waals surface area contributed by atoms with E-state index in [1.54, 1.807) is 35.9 Å². The van der Waals surface area contributed by atoms with Crippen molar-refractivity contribution in [3.05, 3.63) is 59.2 Å². The Morgan fingerprint density at radius 2 is 1.76 bits per heavy atom. The topological polar surface area (TPSA) is 140 Å². The van der Waals surface area contributed by atoms with E-state index in [-0.39, 0.29) is 0 Å². The number of aromatic nitrogens is 6. The molecule has 0 bridgehead atoms. The summed E-state index contributed by atoms with van der Waals surface area (Å²) in [7, 11) is 1.56. The first-order valence-electron chi connectivity index (χ1n) is 10.3. The number of nitrogen functional groups attached to an aromatic ring is 1. The van der Waals surface area contributed by atoms with Crippen molar-refractivity contribution < 1.29 is 9.84 Å². The molecule has 3 aromatic heterocycles. The first-order chi connectivity index (χ1) is 16.1. The largest absolute Gasteiger partial charge is 0.508 e. The molecule has 0 atom stereocenters. The van der Waals surface area contributed by atoms with E-state index < -0.39 is 0 Å². The number of aromatic hydroxyl groups is 1. The molecule has 4 heterocycles. The predicted molar refractivity (Wildman–Crippen MR) is 124 cm³/mol. The molecule has 0 unspecified atom stereocenters. The van der Waals surface area contributed by atoms with Crippen molar-refractivity contribution in [3.8, 4) is 11.8 Å². The van der Waals surface area contributed by atoms with E-state index >= 15 is 0 Å². The van der Waals surface area contributed by atoms with E-state index in [1.807, 2.05) is 24.3 Å². The Morgan fingerprint density at radius 3 is 2.39 bits per heavy atom. The lowest BCUT2D eigenvalue weighted by Crippen LogP contribution is -2.33. The van der Waals surface area contributed by atoms with Gasteiger partial charge in [-0.15, -0.1) is 20.4 Å². The van der Waals surface area contributed by atoms with Crippen molar-refractivity contribution in [2.45, 2.75) is 18.8 Å². The van der Waals surface area contributed by atoms with Crippen LogP contribution in [0, 0.1) is 0 Å². The number of hydrogen-bond donors (Lipinski definition) is 3. The number of nitrogens with one attached hydrogen (secondary N) is 1. The minimum atomic E-state index is 0.316. The molecule has 172 valence electrons. The Balaban J connectivity index is 0.000000243. The molecule has 5 rings (SSSR count). The molecule has 33 heavy (non-hydrogen) atoms. The average Bonchev–Trinajstić information content (AvgIpc) is 3.28. The number of nitrogens with two attached hydrogens (primary N) is 1. The van der Waals surface area contributed by atoms with Crippen LogP contribution >= 0.6 is 11.6 Å². The number of nitrogens with zero attached hydrogens (tertiary/aromatic N) is 7. The minimum absolute atomic E-state index is 0.316. The normalized spacial score (nSPS) is 14.0. The molecule has 11 nitrogen and oxygen atoms in total. The summed E-state index contributed by atoms with van der Waals surface area (Å²) >= 11 is 5.43. The Hall–Kier alpha value is -3.70. The maximum absolute atomic E-state index is 9.42. The summed E-state index contributed by atoms with van der Waals surface area (Å²) in [5, 5.41) is 29.4. The van der Waals surface area contributed by atoms with Crippen molar-refractivity contribution in [3.63, 3.8) is 0 Å². The summed E-state index contributed by atoms with van der Waals surface area (Å²) in [6.45, 7) is 1.88. The number of halogens is 1. The molecule has 1 aromatic carbocycles. The number of phenols is 1. The predicted octanol–water partition coefficient (Wildman–Crippen LogP) is 2.64. The summed E-state index contributed by atoms with van der Waals surface area (Å²) in [5.74, 6) is 7.25. The number of methoxy groups -OCH3 is 1. The average molecular weight is 470 g/mol. The summed E-state index contributed by atoms with van der Waals surface area (Å²) in [6, 6.07) is 15.1. The van der Waals surface area contributed by atoms with Crippen LogP contribution in [0.15, 0.2) is 48.5 Å². The second-order valence-electron chi connectivity index (χ2n) is 7.39. The number of benzene rings is 1. The second-order valence-corrected chi connectivity index (χ2v) is 7.77. The van der Waals surface area contributed by atoms with Crippen molar-refractivity contribution in [1.82, 2.24) is 30.0 Å². The van der Waals surface area contributed by atoms with Crippen LogP contribution in [0.2, 0.25) is 5.15 Å². The lowest BCUT2D eigenvalue weighted by molar-refractivity contribution is 0.368. The fraction of sp³-hybridized carbons (Fsp3) is 0.286. The second kappa shape index (κ2) is 10.3. The van der Waals surface area contributed by atoms with E-state index in [0.29, 0.717) is 34.3 Å². The Bertz CT molecular complexity index is 1180. The van der Waals surface area contributed by atoms with E-state index in [0.717, 1.165) is 31.7 Å². The van der Waals surface area contributed by atoms with Crippen LogP contribution < -0.4 is 20.9 Å². The number of ether oxygens (including phenoxy) is 1. The molecule has 1 fully saturated rings. The molecule has 0 saturated carbocycles. The van der Waals surface area contributed by atoms with Gasteiger partial charge >= 0.3 is 6.01 Å². The van der Waals surface area contributed by atoms with Gasteiger partial charge < -0.3 is 20.2 Å². The van der Waals surface area contributed by atoms with Crippen molar-refractivity contribution in [1.29, 1.82) is 0 Å². The van der Waals surface area contributed by atoms with Gasteiger partial charge in [0.05, 0.1) is 7.11 Å². The van der Waals surface area contributed by atoms with Gasteiger partial charge in [0.1, 0.15) is 11.6 Å². The van der Waals surface area contributed by atoms with Crippen molar-refractivity contribution in [2.75, 3.05) is 30.5 Å². The third-order valence-electron chi connectivity index (χ3n) is 5.37. The first kappa shape index (κ1) is 22.5. The molecule has 4 aromatic rings. The molecule has 1 aliphatic rings. The van der Waals surface area contributed by atoms with E-state index in [1.165, 1.54) is 5.56 Å². The van der Waals surface area contributed by atoms with Gasteiger partial charge in [0, 0.05) is 13.1 Å². The van der Waals surface area contributed by atoms with Crippen LogP contribution in [0.1, 0.15) is 24.3 Å². The lowest BCUT2D eigenvalue weighted by Gasteiger charge is -2.32. The minimum Gasteiger partial charge on any atom is -0.508 e. The highest BCUT2D eigenvalue weighted by molar-refractivity contribution is 6.29. The SMILES string of the molecule is COc1nnc2ccc(N3CCC(c4ccc(O)cc4)CC3)nn12.NNc1ccc(Cl)nn1. The zero-order valence-corrected chi connectivity index (χ0v) is 18.7. The van der Waals surface area contributed by atoms with Gasteiger partial charge in [0.15, 0.2) is 16.6 Å². The molecule has 12 heteroatoms. The van der Waals surface area contributed by atoms with Crippen LogP contribution in [0.4, 0.5) is 11.6 Å². The fourth-order valence-corrected chi connectivity index (χ4v) is 3.74. The number of hydrazine groups is 1. The van der Waals surface area contributed by atoms with Gasteiger partial charge in [-0.2, -0.15) is 4.52 Å². The zero-order valence-electron chi connectivity index (χ0n) is 18.0. The van der Waals surface area contributed by atoms with Crippen LogP contribution in [0.25, 0.3) is 5.65 Å². The number of fused-ring (bicyclic) bond motifs is 1. The highest BCUT2D eigenvalue weighted by Crippen LogP contribution is 2.30. The van der Waals surface area contributed by atoms with Crippen LogP contribution in [0.5, 0.6) is 11.8 Å². The number of piperidine rings is 1. The van der Waals surface area contributed by atoms with Crippen molar-refractivity contribution >= 4 is 28.9 Å². The standard InChI is InChI=1S/C17H19N5O2.C4H5ClN4/c1-24-17-19-18-15-6-7-16(20-22(15)17)21-10-8-13(9-11-21)12-2-4-14(23)5-3-12;5-3-1-2-4(7-6)9-8-3/h2-7,13,23H,8-11H2,1H3;1-2H,6H2,(H,7,9). The van der Waals surface area contributed by atoms with Gasteiger partial charge in [-0.05, 0) is 60.7 Å². The molecule has 0 amide bonds. The number of phenolic OH excluding ortho intramolecular Hbond substituents is 1. The summed E-state index contributed by atoms with van der Waals surface area (Å²) in [4.78, 5) is 2.27. The van der Waals surface area contributed by atoms with Crippen LogP contribution in [0.3, 0.4) is 0 Å². The molecule has 0 spiro atoms. The van der Waals surface area contributed by atoms with E-state index in [2.05, 4.69) is 35.8 Å². The van der Waals surface area contributed by atoms with E-state index in [4.69, 9.17) is 22.2 Å². The molecule has 0 aliphatic carbocycles. The molecule has 1 aliphatic heterocycles. The maximum Gasteiger partial charge on any atom is 0.338 e. The Kier molecular flexibility index (Phi) is 7.01. The summed E-state index contributed by atoms with van der Waals surface area (Å²) in [6.07, 6.45) is 2.12. The highest BCUT2D eigenvalue weighted by Gasteiger charge is 2.22. The van der Waals surface area contributed by atoms with Crippen molar-refractivity contribution in [2.24, 2.45) is 5.84 Å². The van der Waals surface area contributed by atoms with Gasteiger partial charge in [-0.25, -0.2) is 5.84 Å². The summed E-state index contributed by atoms with van der Waals surface area (Å²) < 4.78 is 6.81. The highest BCUT2D eigenvalue weighted by atomic mass is 35.5. The van der Waals surface area contributed by atoms with Gasteiger partial charge in [0.2, 0.25) is 0 Å². The molecule has 0 radical (unpaired) electrons. The quantitative estimate of drug-likeness (QED) is 0.301. The fourth-order valence-electron chi connectivity index (χ4n) is 3.64. The number of anilines is 2. The Labute approximate surface area is 195 Å². The molecular weight excluding hydrogens is 446 g/mol. The monoisotopic (exact) mass is 469 g/mol. The Morgan fingerprint density at radius 1 is 1.00 bits per heavy atom. The lowest BCUT2D eigenvalue weighted by atomic mass is 9.89. The van der Waals surface area contributed by atoms with Crippen LogP contribution in [-0.4, -0.2) is 55.3 Å². The number of hydrogen-bond acceptors (Lipinski definition) is 10. The van der Waals surface area contributed by atoms with Crippen LogP contribution in [-0.2, 0) is 0 Å². The van der Waals surface area contributed by atoms with E-state index in [9.17, 15) is 5.11 Å². The maximum atomic E-state index is 9.42. The first-order valence-corrected chi connectivity index (χ1v) is 10.7. The van der Waals surface area contributed by atoms with Gasteiger partial charge in [-0.3, -0.25) is 0 Å². The molecule has 1 saturated heterocycles. The third-order valence-corrected chi connectivity index (χ3v) is 5.57.